The molecule has 0 aromatic heterocycles. The van der Waals surface area contributed by atoms with Crippen molar-refractivity contribution in [1.82, 2.24) is 4.31 Å². The molecular formula is C8H15NO2S. The Kier molecular flexibility index (Phi) is 2.58. The van der Waals surface area contributed by atoms with Crippen LogP contribution in [0.3, 0.4) is 0 Å². The molecule has 0 N–H and O–H groups in total. The Balaban J connectivity index is 2.81. The SMILES string of the molecule is CC1=C(C)CN(S(C)(=O)=O)CC1. The van der Waals surface area contributed by atoms with Gasteiger partial charge in [-0.2, -0.15) is 4.31 Å². The van der Waals surface area contributed by atoms with Gasteiger partial charge in [-0.25, -0.2) is 8.42 Å². The second-order valence-electron chi connectivity index (χ2n) is 3.41. The van der Waals surface area contributed by atoms with Crippen LogP contribution in [0.25, 0.3) is 0 Å². The standard InChI is InChI=1S/C8H15NO2S/c1-7-4-5-9(6-8(7)2)12(3,10)11/h4-6H2,1-3H3. The first-order valence-electron chi connectivity index (χ1n) is 4.01. The highest BCUT2D eigenvalue weighted by molar-refractivity contribution is 7.88. The molecule has 0 fully saturated rings. The molecule has 3 nitrogen and oxygen atoms in total. The first-order chi connectivity index (χ1) is 5.41. The highest BCUT2D eigenvalue weighted by Crippen LogP contribution is 2.18. The van der Waals surface area contributed by atoms with E-state index in [1.807, 2.05) is 6.92 Å². The van der Waals surface area contributed by atoms with Crippen molar-refractivity contribution >= 4 is 10.0 Å². The zero-order chi connectivity index (χ0) is 9.35. The Morgan fingerprint density at radius 2 is 1.83 bits per heavy atom. The molecule has 0 unspecified atom stereocenters. The van der Waals surface area contributed by atoms with Gasteiger partial charge in [0, 0.05) is 13.1 Å². The van der Waals surface area contributed by atoms with Crippen LogP contribution in [0.5, 0.6) is 0 Å². The first kappa shape index (κ1) is 9.74. The highest BCUT2D eigenvalue weighted by atomic mass is 32.2. The van der Waals surface area contributed by atoms with Gasteiger partial charge in [-0.15, -0.1) is 0 Å². The second-order valence-corrected chi connectivity index (χ2v) is 5.39. The molecular weight excluding hydrogens is 174 g/mol. The predicted octanol–water partition coefficient (Wildman–Crippen LogP) is 0.988. The fourth-order valence-corrected chi connectivity index (χ4v) is 2.12. The smallest absolute Gasteiger partial charge is 0.211 e. The van der Waals surface area contributed by atoms with Crippen molar-refractivity contribution < 1.29 is 8.42 Å². The van der Waals surface area contributed by atoms with E-state index in [1.165, 1.54) is 21.7 Å². The van der Waals surface area contributed by atoms with Crippen LogP contribution in [-0.4, -0.2) is 32.1 Å². The molecule has 1 aliphatic rings. The van der Waals surface area contributed by atoms with Crippen LogP contribution in [0.4, 0.5) is 0 Å². The lowest BCUT2D eigenvalue weighted by Gasteiger charge is -2.26. The van der Waals surface area contributed by atoms with E-state index in [9.17, 15) is 8.42 Å². The summed E-state index contributed by atoms with van der Waals surface area (Å²) < 4.78 is 23.8. The van der Waals surface area contributed by atoms with Crippen molar-refractivity contribution in [3.63, 3.8) is 0 Å². The Morgan fingerprint density at radius 1 is 1.25 bits per heavy atom. The predicted molar refractivity (Wildman–Crippen MR) is 49.4 cm³/mol. The molecule has 1 aliphatic heterocycles. The number of rotatable bonds is 1. The Morgan fingerprint density at radius 3 is 2.25 bits per heavy atom. The Labute approximate surface area is 74.1 Å². The summed E-state index contributed by atoms with van der Waals surface area (Å²) >= 11 is 0. The molecule has 0 spiro atoms. The van der Waals surface area contributed by atoms with Crippen molar-refractivity contribution in [3.05, 3.63) is 11.1 Å². The van der Waals surface area contributed by atoms with Gasteiger partial charge < -0.3 is 0 Å². The number of nitrogens with zero attached hydrogens (tertiary/aromatic N) is 1. The Bertz CT molecular complexity index is 303. The summed E-state index contributed by atoms with van der Waals surface area (Å²) in [6.45, 7) is 5.27. The van der Waals surface area contributed by atoms with Gasteiger partial charge in [0.25, 0.3) is 0 Å². The van der Waals surface area contributed by atoms with Crippen LogP contribution < -0.4 is 0 Å². The maximum Gasteiger partial charge on any atom is 0.211 e. The number of sulfonamides is 1. The van der Waals surface area contributed by atoms with Crippen molar-refractivity contribution in [2.75, 3.05) is 19.3 Å². The molecule has 0 aliphatic carbocycles. The van der Waals surface area contributed by atoms with Gasteiger partial charge in [0.2, 0.25) is 10.0 Å². The average molecular weight is 189 g/mol. The van der Waals surface area contributed by atoms with Gasteiger partial charge in [-0.1, -0.05) is 11.1 Å². The largest absolute Gasteiger partial charge is 0.212 e. The van der Waals surface area contributed by atoms with Gasteiger partial charge >= 0.3 is 0 Å². The minimum absolute atomic E-state index is 0.574. The third kappa shape index (κ3) is 2.08. The minimum atomic E-state index is -2.98. The van der Waals surface area contributed by atoms with E-state index in [1.54, 1.807) is 0 Å². The zero-order valence-corrected chi connectivity index (χ0v) is 8.61. The fraction of sp³-hybridized carbons (Fsp3) is 0.750. The van der Waals surface area contributed by atoms with E-state index in [-0.39, 0.29) is 0 Å². The third-order valence-electron chi connectivity index (χ3n) is 2.35. The van der Waals surface area contributed by atoms with Gasteiger partial charge in [0.15, 0.2) is 0 Å². The molecule has 4 heteroatoms. The molecule has 0 atom stereocenters. The summed E-state index contributed by atoms with van der Waals surface area (Å²) in [6.07, 6.45) is 2.14. The van der Waals surface area contributed by atoms with Crippen LogP contribution in [0.2, 0.25) is 0 Å². The van der Waals surface area contributed by atoms with Gasteiger partial charge in [-0.3, -0.25) is 0 Å². The lowest BCUT2D eigenvalue weighted by Crippen LogP contribution is -2.35. The normalized spacial score (nSPS) is 21.6. The van der Waals surface area contributed by atoms with Crippen LogP contribution in [0.15, 0.2) is 11.1 Å². The average Bonchev–Trinajstić information content (AvgIpc) is 1.92. The molecule has 1 heterocycles. The molecule has 0 saturated heterocycles. The van der Waals surface area contributed by atoms with Gasteiger partial charge in [-0.05, 0) is 20.3 Å². The highest BCUT2D eigenvalue weighted by Gasteiger charge is 2.20. The maximum atomic E-state index is 11.1. The summed E-state index contributed by atoms with van der Waals surface area (Å²) in [7, 11) is -2.98. The van der Waals surface area contributed by atoms with Gasteiger partial charge in [0.1, 0.15) is 0 Å². The van der Waals surface area contributed by atoms with Crippen LogP contribution >= 0.6 is 0 Å². The summed E-state index contributed by atoms with van der Waals surface area (Å²) in [5.74, 6) is 0. The van der Waals surface area contributed by atoms with E-state index in [2.05, 4.69) is 6.92 Å². The van der Waals surface area contributed by atoms with E-state index in [4.69, 9.17) is 0 Å². The van der Waals surface area contributed by atoms with E-state index >= 15 is 0 Å². The third-order valence-corrected chi connectivity index (χ3v) is 3.60. The zero-order valence-electron chi connectivity index (χ0n) is 7.79. The quantitative estimate of drug-likeness (QED) is 0.577. The molecule has 1 rings (SSSR count). The van der Waals surface area contributed by atoms with E-state index in [0.717, 1.165) is 6.42 Å². The van der Waals surface area contributed by atoms with Crippen LogP contribution in [0, 0.1) is 0 Å². The summed E-state index contributed by atoms with van der Waals surface area (Å²) in [5, 5.41) is 0. The molecule has 0 bridgehead atoms. The van der Waals surface area contributed by atoms with Crippen LogP contribution in [-0.2, 0) is 10.0 Å². The molecule has 12 heavy (non-hydrogen) atoms. The van der Waals surface area contributed by atoms with Gasteiger partial charge in [0.05, 0.1) is 6.26 Å². The fourth-order valence-electron chi connectivity index (χ4n) is 1.27. The molecule has 0 aromatic rings. The summed E-state index contributed by atoms with van der Waals surface area (Å²) in [6, 6.07) is 0. The van der Waals surface area contributed by atoms with E-state index < -0.39 is 10.0 Å². The summed E-state index contributed by atoms with van der Waals surface area (Å²) in [5.41, 5.74) is 2.52. The first-order valence-corrected chi connectivity index (χ1v) is 5.86. The lowest BCUT2D eigenvalue weighted by molar-refractivity contribution is 0.425. The van der Waals surface area contributed by atoms with Crippen LogP contribution in [0.1, 0.15) is 20.3 Å². The minimum Gasteiger partial charge on any atom is -0.212 e. The molecule has 0 amide bonds. The van der Waals surface area contributed by atoms with E-state index in [0.29, 0.717) is 13.1 Å². The number of hydrogen-bond acceptors (Lipinski definition) is 2. The second kappa shape index (κ2) is 3.18. The molecule has 70 valence electrons. The topological polar surface area (TPSA) is 37.4 Å². The van der Waals surface area contributed by atoms with Crippen molar-refractivity contribution in [2.24, 2.45) is 0 Å². The molecule has 0 radical (unpaired) electrons. The molecule has 0 saturated carbocycles. The van der Waals surface area contributed by atoms with Crippen molar-refractivity contribution in [3.8, 4) is 0 Å². The summed E-state index contributed by atoms with van der Waals surface area (Å²) in [4.78, 5) is 0. The maximum absolute atomic E-state index is 11.1. The number of hydrogen-bond donors (Lipinski definition) is 0. The van der Waals surface area contributed by atoms with Crippen molar-refractivity contribution in [2.45, 2.75) is 20.3 Å². The van der Waals surface area contributed by atoms with Crippen molar-refractivity contribution in [1.29, 1.82) is 0 Å². The molecule has 0 aromatic carbocycles. The monoisotopic (exact) mass is 189 g/mol. The Hall–Kier alpha value is -0.350. The lowest BCUT2D eigenvalue weighted by atomic mass is 10.1.